The van der Waals surface area contributed by atoms with E-state index in [1.807, 2.05) is 30.3 Å². The number of para-hydroxylation sites is 1. The lowest BCUT2D eigenvalue weighted by Crippen LogP contribution is -2.29. The number of imide groups is 1. The highest BCUT2D eigenvalue weighted by molar-refractivity contribution is 6.37. The van der Waals surface area contributed by atoms with E-state index in [-0.39, 0.29) is 11.8 Å². The Kier molecular flexibility index (Phi) is 2.09. The van der Waals surface area contributed by atoms with E-state index in [0.717, 1.165) is 10.9 Å². The number of nitrogens with zero attached hydrogens (tertiary/aromatic N) is 1. The Morgan fingerprint density at radius 1 is 0.850 bits per heavy atom. The molecule has 1 aliphatic rings. The summed E-state index contributed by atoms with van der Waals surface area (Å²) >= 11 is 0. The van der Waals surface area contributed by atoms with Crippen molar-refractivity contribution in [3.05, 3.63) is 65.9 Å². The molecular weight excluding hydrogens is 252 g/mol. The van der Waals surface area contributed by atoms with Crippen LogP contribution in [0, 0.1) is 0 Å². The summed E-state index contributed by atoms with van der Waals surface area (Å²) in [6, 6.07) is 14.4. The molecule has 0 saturated carbocycles. The summed E-state index contributed by atoms with van der Waals surface area (Å²) in [5, 5.41) is 0.791. The predicted molar refractivity (Wildman–Crippen MR) is 75.9 cm³/mol. The quantitative estimate of drug-likeness (QED) is 0.685. The van der Waals surface area contributed by atoms with Crippen LogP contribution in [-0.2, 0) is 0 Å². The van der Waals surface area contributed by atoms with Gasteiger partial charge in [0.2, 0.25) is 0 Å². The fourth-order valence-electron chi connectivity index (χ4n) is 2.68. The molecule has 0 fully saturated rings. The fourth-order valence-corrected chi connectivity index (χ4v) is 2.68. The number of anilines is 1. The molecule has 0 aliphatic carbocycles. The zero-order chi connectivity index (χ0) is 13.7. The Morgan fingerprint density at radius 3 is 2.45 bits per heavy atom. The normalized spacial score (nSPS) is 14.1. The van der Waals surface area contributed by atoms with E-state index in [1.165, 1.54) is 4.90 Å². The second-order valence-electron chi connectivity index (χ2n) is 4.71. The van der Waals surface area contributed by atoms with Crippen LogP contribution in [-0.4, -0.2) is 16.8 Å². The van der Waals surface area contributed by atoms with Gasteiger partial charge in [-0.1, -0.05) is 18.2 Å². The standard InChI is InChI=1S/C16H10N2O2/c19-15-12-6-7-13-11(8-9-17-13)14(12)16(20)18(15)10-4-2-1-3-5-10/h1-9,17H. The van der Waals surface area contributed by atoms with Crippen LogP contribution in [0.15, 0.2) is 54.7 Å². The van der Waals surface area contributed by atoms with Gasteiger partial charge in [-0.3, -0.25) is 9.59 Å². The smallest absolute Gasteiger partial charge is 0.266 e. The number of amides is 2. The molecule has 2 amide bonds. The Hall–Kier alpha value is -2.88. The van der Waals surface area contributed by atoms with Crippen molar-refractivity contribution < 1.29 is 9.59 Å². The second-order valence-corrected chi connectivity index (χ2v) is 4.71. The molecular formula is C16H10N2O2. The number of aromatic nitrogens is 1. The van der Waals surface area contributed by atoms with E-state index < -0.39 is 0 Å². The lowest BCUT2D eigenvalue weighted by Gasteiger charge is -2.13. The molecule has 0 bridgehead atoms. The molecule has 0 atom stereocenters. The molecule has 1 N–H and O–H groups in total. The molecule has 0 spiro atoms. The maximum Gasteiger partial charge on any atom is 0.266 e. The van der Waals surface area contributed by atoms with Gasteiger partial charge >= 0.3 is 0 Å². The van der Waals surface area contributed by atoms with E-state index in [1.54, 1.807) is 24.4 Å². The summed E-state index contributed by atoms with van der Waals surface area (Å²) < 4.78 is 0. The maximum absolute atomic E-state index is 12.6. The number of carbonyl (C=O) groups excluding carboxylic acids is 2. The van der Waals surface area contributed by atoms with Gasteiger partial charge in [0.15, 0.2) is 0 Å². The van der Waals surface area contributed by atoms with E-state index in [4.69, 9.17) is 0 Å². The van der Waals surface area contributed by atoms with Crippen molar-refractivity contribution in [2.24, 2.45) is 0 Å². The summed E-state index contributed by atoms with van der Waals surface area (Å²) in [4.78, 5) is 29.4. The zero-order valence-corrected chi connectivity index (χ0v) is 10.5. The molecule has 96 valence electrons. The van der Waals surface area contributed by atoms with Crippen LogP contribution >= 0.6 is 0 Å². The minimum Gasteiger partial charge on any atom is -0.361 e. The molecule has 4 heteroatoms. The Balaban J connectivity index is 1.96. The van der Waals surface area contributed by atoms with Gasteiger partial charge in [-0.15, -0.1) is 0 Å². The molecule has 1 aromatic heterocycles. The minimum absolute atomic E-state index is 0.263. The molecule has 3 aromatic rings. The molecule has 0 radical (unpaired) electrons. The van der Waals surface area contributed by atoms with Crippen molar-refractivity contribution in [3.8, 4) is 0 Å². The number of hydrogen-bond donors (Lipinski definition) is 1. The van der Waals surface area contributed by atoms with E-state index in [9.17, 15) is 9.59 Å². The van der Waals surface area contributed by atoms with Crippen LogP contribution in [0.2, 0.25) is 0 Å². The number of fused-ring (bicyclic) bond motifs is 3. The average Bonchev–Trinajstić information content (AvgIpc) is 3.03. The summed E-state index contributed by atoms with van der Waals surface area (Å²) in [5.74, 6) is -0.527. The van der Waals surface area contributed by atoms with Crippen LogP contribution in [0.25, 0.3) is 10.9 Å². The first-order valence-electron chi connectivity index (χ1n) is 6.31. The van der Waals surface area contributed by atoms with Gasteiger partial charge in [-0.2, -0.15) is 0 Å². The van der Waals surface area contributed by atoms with Crippen molar-refractivity contribution in [1.29, 1.82) is 0 Å². The summed E-state index contributed by atoms with van der Waals surface area (Å²) in [6.07, 6.45) is 1.77. The first-order chi connectivity index (χ1) is 9.77. The summed E-state index contributed by atoms with van der Waals surface area (Å²) in [6.45, 7) is 0. The van der Waals surface area contributed by atoms with Crippen molar-refractivity contribution >= 4 is 28.4 Å². The first-order valence-corrected chi connectivity index (χ1v) is 6.31. The summed E-state index contributed by atoms with van der Waals surface area (Å²) in [5.41, 5.74) is 2.41. The van der Waals surface area contributed by atoms with Crippen LogP contribution in [0.4, 0.5) is 5.69 Å². The minimum atomic E-state index is -0.265. The molecule has 4 nitrogen and oxygen atoms in total. The predicted octanol–water partition coefficient (Wildman–Crippen LogP) is 2.97. The molecule has 0 unspecified atom stereocenters. The third kappa shape index (κ3) is 1.30. The van der Waals surface area contributed by atoms with Gasteiger partial charge in [-0.05, 0) is 30.3 Å². The van der Waals surface area contributed by atoms with Crippen LogP contribution in [0.5, 0.6) is 0 Å². The number of hydrogen-bond acceptors (Lipinski definition) is 2. The highest BCUT2D eigenvalue weighted by atomic mass is 16.2. The molecule has 2 aromatic carbocycles. The molecule has 2 heterocycles. The van der Waals surface area contributed by atoms with Gasteiger partial charge in [0.1, 0.15) is 0 Å². The highest BCUT2D eigenvalue weighted by Gasteiger charge is 2.37. The molecule has 1 aliphatic heterocycles. The third-order valence-corrected chi connectivity index (χ3v) is 3.60. The van der Waals surface area contributed by atoms with E-state index in [2.05, 4.69) is 4.98 Å². The highest BCUT2D eigenvalue weighted by Crippen LogP contribution is 2.32. The van der Waals surface area contributed by atoms with Crippen molar-refractivity contribution in [2.45, 2.75) is 0 Å². The lowest BCUT2D eigenvalue weighted by molar-refractivity contribution is 0.0926. The molecule has 4 rings (SSSR count). The van der Waals surface area contributed by atoms with E-state index in [0.29, 0.717) is 16.8 Å². The number of nitrogens with one attached hydrogen (secondary N) is 1. The Labute approximate surface area is 114 Å². The Morgan fingerprint density at radius 2 is 1.65 bits per heavy atom. The zero-order valence-electron chi connectivity index (χ0n) is 10.5. The number of carbonyl (C=O) groups is 2. The average molecular weight is 262 g/mol. The number of H-pyrrole nitrogens is 1. The maximum atomic E-state index is 12.6. The first kappa shape index (κ1) is 11.0. The van der Waals surface area contributed by atoms with Gasteiger partial charge in [0, 0.05) is 17.1 Å². The lowest BCUT2D eigenvalue weighted by atomic mass is 10.1. The molecule has 0 saturated heterocycles. The third-order valence-electron chi connectivity index (χ3n) is 3.60. The number of aromatic amines is 1. The van der Waals surface area contributed by atoms with Crippen molar-refractivity contribution in [2.75, 3.05) is 4.90 Å². The van der Waals surface area contributed by atoms with Gasteiger partial charge < -0.3 is 4.98 Å². The van der Waals surface area contributed by atoms with Crippen LogP contribution < -0.4 is 4.90 Å². The summed E-state index contributed by atoms with van der Waals surface area (Å²) in [7, 11) is 0. The van der Waals surface area contributed by atoms with Crippen LogP contribution in [0.1, 0.15) is 20.7 Å². The van der Waals surface area contributed by atoms with E-state index >= 15 is 0 Å². The van der Waals surface area contributed by atoms with Crippen molar-refractivity contribution in [1.82, 2.24) is 4.98 Å². The number of benzene rings is 2. The topological polar surface area (TPSA) is 53.2 Å². The largest absolute Gasteiger partial charge is 0.361 e. The SMILES string of the molecule is O=C1c2ccc3[nH]ccc3c2C(=O)N1c1ccccc1. The van der Waals surface area contributed by atoms with Gasteiger partial charge in [0.25, 0.3) is 11.8 Å². The second kappa shape index (κ2) is 3.81. The van der Waals surface area contributed by atoms with Gasteiger partial charge in [-0.25, -0.2) is 4.90 Å². The molecule has 20 heavy (non-hydrogen) atoms. The van der Waals surface area contributed by atoms with Gasteiger partial charge in [0.05, 0.1) is 16.8 Å². The fraction of sp³-hybridized carbons (Fsp3) is 0. The van der Waals surface area contributed by atoms with Crippen molar-refractivity contribution in [3.63, 3.8) is 0 Å². The Bertz CT molecular complexity index is 849. The number of rotatable bonds is 1. The monoisotopic (exact) mass is 262 g/mol. The van der Waals surface area contributed by atoms with Crippen LogP contribution in [0.3, 0.4) is 0 Å².